The van der Waals surface area contributed by atoms with E-state index in [1.54, 1.807) is 19.2 Å². The van der Waals surface area contributed by atoms with E-state index in [0.717, 1.165) is 11.1 Å². The number of nitrogens with zero attached hydrogens (tertiary/aromatic N) is 1. The Kier molecular flexibility index (Phi) is 6.85. The van der Waals surface area contributed by atoms with Gasteiger partial charge in [-0.05, 0) is 72.6 Å². The van der Waals surface area contributed by atoms with Crippen molar-refractivity contribution in [3.05, 3.63) is 93.2 Å². The summed E-state index contributed by atoms with van der Waals surface area (Å²) in [5.41, 5.74) is 2.74. The standard InChI is InChI=1S/C25H19Cl4FN2O2/c1-13-9-14(11-15(26)10-13)21-22(25(21,28)29)23(33)31-17-5-8-20(27)19(12-17)24(34)32(2)18-6-3-16(30)4-7-18/h3-12,21-22H,1-2H3,(H,31,33)/t21-,22+/m1/s1. The number of halogens is 5. The smallest absolute Gasteiger partial charge is 0.259 e. The molecule has 1 aliphatic rings. The summed E-state index contributed by atoms with van der Waals surface area (Å²) in [7, 11) is 1.55. The van der Waals surface area contributed by atoms with Gasteiger partial charge in [0.2, 0.25) is 5.91 Å². The summed E-state index contributed by atoms with van der Waals surface area (Å²) in [6.45, 7) is 1.90. The van der Waals surface area contributed by atoms with Crippen LogP contribution in [0, 0.1) is 18.7 Å². The number of hydrogen-bond acceptors (Lipinski definition) is 2. The molecule has 0 heterocycles. The van der Waals surface area contributed by atoms with E-state index in [-0.39, 0.29) is 16.5 Å². The maximum Gasteiger partial charge on any atom is 0.259 e. The van der Waals surface area contributed by atoms with Crippen LogP contribution in [0.2, 0.25) is 10.0 Å². The molecule has 0 radical (unpaired) electrons. The first-order valence-electron chi connectivity index (χ1n) is 10.3. The van der Waals surface area contributed by atoms with Gasteiger partial charge >= 0.3 is 0 Å². The Morgan fingerprint density at radius 3 is 2.32 bits per heavy atom. The third-order valence-electron chi connectivity index (χ3n) is 5.74. The Balaban J connectivity index is 1.53. The molecule has 1 saturated carbocycles. The predicted molar refractivity (Wildman–Crippen MR) is 136 cm³/mol. The number of alkyl halides is 2. The predicted octanol–water partition coefficient (Wildman–Crippen LogP) is 7.24. The first-order chi connectivity index (χ1) is 16.0. The molecule has 0 saturated heterocycles. The fourth-order valence-corrected chi connectivity index (χ4v) is 5.29. The molecule has 0 unspecified atom stereocenters. The highest BCUT2D eigenvalue weighted by atomic mass is 35.5. The summed E-state index contributed by atoms with van der Waals surface area (Å²) in [6, 6.07) is 15.5. The van der Waals surface area contributed by atoms with Gasteiger partial charge in [-0.1, -0.05) is 29.3 Å². The van der Waals surface area contributed by atoms with Gasteiger partial charge in [-0.2, -0.15) is 0 Å². The van der Waals surface area contributed by atoms with Gasteiger partial charge in [0.05, 0.1) is 16.5 Å². The number of carbonyl (C=O) groups is 2. The van der Waals surface area contributed by atoms with E-state index in [1.165, 1.54) is 41.3 Å². The molecule has 0 spiro atoms. The SMILES string of the molecule is Cc1cc(Cl)cc([C@@H]2[C@@H](C(=O)Nc3ccc(Cl)c(C(=O)N(C)c4ccc(F)cc4)c3)C2(Cl)Cl)c1. The normalized spacial score (nSPS) is 18.3. The van der Waals surface area contributed by atoms with Crippen molar-refractivity contribution in [1.29, 1.82) is 0 Å². The molecular weight excluding hydrogens is 521 g/mol. The maximum absolute atomic E-state index is 13.2. The summed E-state index contributed by atoms with van der Waals surface area (Å²) >= 11 is 25.3. The fraction of sp³-hybridized carbons (Fsp3) is 0.200. The molecular formula is C25H19Cl4FN2O2. The minimum Gasteiger partial charge on any atom is -0.326 e. The number of carbonyl (C=O) groups excluding carboxylic acids is 2. The van der Waals surface area contributed by atoms with Crippen molar-refractivity contribution in [3.8, 4) is 0 Å². The largest absolute Gasteiger partial charge is 0.326 e. The van der Waals surface area contributed by atoms with E-state index in [0.29, 0.717) is 16.4 Å². The first kappa shape index (κ1) is 24.8. The van der Waals surface area contributed by atoms with E-state index in [1.807, 2.05) is 19.1 Å². The van der Waals surface area contributed by atoms with Crippen LogP contribution in [0.5, 0.6) is 0 Å². The number of amides is 2. The van der Waals surface area contributed by atoms with Crippen LogP contribution in [0.25, 0.3) is 0 Å². The number of benzene rings is 3. The molecule has 4 rings (SSSR count). The number of nitrogens with one attached hydrogen (secondary N) is 1. The molecule has 2 atom stereocenters. The summed E-state index contributed by atoms with van der Waals surface area (Å²) in [5, 5.41) is 3.52. The van der Waals surface area contributed by atoms with Gasteiger partial charge in [0.15, 0.2) is 0 Å². The lowest BCUT2D eigenvalue weighted by molar-refractivity contribution is -0.117. The molecule has 176 valence electrons. The molecule has 9 heteroatoms. The molecule has 0 aliphatic heterocycles. The quantitative estimate of drug-likeness (QED) is 0.347. The minimum atomic E-state index is -1.28. The molecule has 0 bridgehead atoms. The van der Waals surface area contributed by atoms with Crippen molar-refractivity contribution >= 4 is 69.6 Å². The second-order valence-electron chi connectivity index (χ2n) is 8.22. The number of aryl methyl sites for hydroxylation is 1. The van der Waals surface area contributed by atoms with Crippen molar-refractivity contribution in [2.24, 2.45) is 5.92 Å². The van der Waals surface area contributed by atoms with E-state index >= 15 is 0 Å². The number of rotatable bonds is 5. The summed E-state index contributed by atoms with van der Waals surface area (Å²) in [4.78, 5) is 27.4. The van der Waals surface area contributed by atoms with Crippen molar-refractivity contribution in [2.75, 3.05) is 17.3 Å². The van der Waals surface area contributed by atoms with Crippen molar-refractivity contribution in [1.82, 2.24) is 0 Å². The number of anilines is 2. The van der Waals surface area contributed by atoms with Crippen LogP contribution >= 0.6 is 46.4 Å². The van der Waals surface area contributed by atoms with Crippen molar-refractivity contribution in [2.45, 2.75) is 17.2 Å². The van der Waals surface area contributed by atoms with Gasteiger partial charge in [0.25, 0.3) is 5.91 Å². The van der Waals surface area contributed by atoms with E-state index in [2.05, 4.69) is 5.32 Å². The van der Waals surface area contributed by atoms with Crippen LogP contribution in [0.4, 0.5) is 15.8 Å². The van der Waals surface area contributed by atoms with Gasteiger partial charge in [-0.15, -0.1) is 23.2 Å². The third kappa shape index (κ3) is 4.89. The Hall–Kier alpha value is -2.31. The monoisotopic (exact) mass is 538 g/mol. The summed E-state index contributed by atoms with van der Waals surface area (Å²) < 4.78 is 11.9. The topological polar surface area (TPSA) is 49.4 Å². The van der Waals surface area contributed by atoms with Crippen LogP contribution in [0.3, 0.4) is 0 Å². The fourth-order valence-electron chi connectivity index (χ4n) is 3.96. The second-order valence-corrected chi connectivity index (χ2v) is 10.5. The van der Waals surface area contributed by atoms with Gasteiger partial charge in [-0.25, -0.2) is 4.39 Å². The minimum absolute atomic E-state index is 0.173. The lowest BCUT2D eigenvalue weighted by atomic mass is 10.1. The van der Waals surface area contributed by atoms with Crippen LogP contribution in [0.1, 0.15) is 27.4 Å². The highest BCUT2D eigenvalue weighted by Crippen LogP contribution is 2.65. The molecule has 34 heavy (non-hydrogen) atoms. The zero-order valence-electron chi connectivity index (χ0n) is 18.1. The average molecular weight is 540 g/mol. The molecule has 1 N–H and O–H groups in total. The van der Waals surface area contributed by atoms with Crippen LogP contribution < -0.4 is 10.2 Å². The van der Waals surface area contributed by atoms with Crippen molar-refractivity contribution in [3.63, 3.8) is 0 Å². The zero-order chi connectivity index (χ0) is 24.8. The van der Waals surface area contributed by atoms with Gasteiger partial charge in [0.1, 0.15) is 10.2 Å². The Morgan fingerprint density at radius 2 is 1.68 bits per heavy atom. The highest BCUT2D eigenvalue weighted by Gasteiger charge is 2.67. The lowest BCUT2D eigenvalue weighted by Gasteiger charge is -2.18. The molecule has 2 amide bonds. The average Bonchev–Trinajstić information content (AvgIpc) is 3.36. The van der Waals surface area contributed by atoms with Crippen LogP contribution in [0.15, 0.2) is 60.7 Å². The molecule has 3 aromatic rings. The summed E-state index contributed by atoms with van der Waals surface area (Å²) in [6.07, 6.45) is 0. The second kappa shape index (κ2) is 9.38. The highest BCUT2D eigenvalue weighted by molar-refractivity contribution is 6.53. The molecule has 0 aromatic heterocycles. The van der Waals surface area contributed by atoms with Gasteiger partial charge in [0, 0.05) is 29.4 Å². The molecule has 4 nitrogen and oxygen atoms in total. The third-order valence-corrected chi connectivity index (χ3v) is 7.23. The number of hydrogen-bond donors (Lipinski definition) is 1. The van der Waals surface area contributed by atoms with Crippen LogP contribution in [-0.2, 0) is 4.79 Å². The molecule has 1 fully saturated rings. The lowest BCUT2D eigenvalue weighted by Crippen LogP contribution is -2.26. The van der Waals surface area contributed by atoms with E-state index in [9.17, 15) is 14.0 Å². The van der Waals surface area contributed by atoms with Gasteiger partial charge in [-0.3, -0.25) is 9.59 Å². The van der Waals surface area contributed by atoms with Crippen molar-refractivity contribution < 1.29 is 14.0 Å². The summed E-state index contributed by atoms with van der Waals surface area (Å²) in [5.74, 6) is -2.35. The van der Waals surface area contributed by atoms with Crippen LogP contribution in [-0.4, -0.2) is 23.2 Å². The molecule has 1 aliphatic carbocycles. The molecule has 3 aromatic carbocycles. The maximum atomic E-state index is 13.2. The Morgan fingerprint density at radius 1 is 1.00 bits per heavy atom. The Bertz CT molecular complexity index is 1260. The van der Waals surface area contributed by atoms with E-state index < -0.39 is 27.9 Å². The van der Waals surface area contributed by atoms with E-state index in [4.69, 9.17) is 46.4 Å². The zero-order valence-corrected chi connectivity index (χ0v) is 21.1. The Labute approximate surface area is 216 Å². The first-order valence-corrected chi connectivity index (χ1v) is 11.8. The van der Waals surface area contributed by atoms with Gasteiger partial charge < -0.3 is 10.2 Å².